The Labute approximate surface area is 237 Å². The number of Topliss-reactive ketones (excluding diaryl/α,β-unsaturated/α-hetero) is 1. The highest BCUT2D eigenvalue weighted by Gasteiger charge is 2.48. The summed E-state index contributed by atoms with van der Waals surface area (Å²) in [6, 6.07) is 15.2. The summed E-state index contributed by atoms with van der Waals surface area (Å²) in [6.45, 7) is 3.66. The third-order valence-electron chi connectivity index (χ3n) is 6.52. The Morgan fingerprint density at radius 1 is 1.10 bits per heavy atom. The van der Waals surface area contributed by atoms with Crippen LogP contribution in [0.25, 0.3) is 5.76 Å². The predicted octanol–water partition coefficient (Wildman–Crippen LogP) is 5.93. The molecule has 204 valence electrons. The fourth-order valence-electron chi connectivity index (χ4n) is 4.46. The molecule has 1 amide bonds. The van der Waals surface area contributed by atoms with Crippen LogP contribution >= 0.6 is 23.1 Å². The second-order valence-corrected chi connectivity index (χ2v) is 11.3. The van der Waals surface area contributed by atoms with Gasteiger partial charge in [0.1, 0.15) is 11.6 Å². The van der Waals surface area contributed by atoms with Gasteiger partial charge in [-0.25, -0.2) is 4.39 Å². The van der Waals surface area contributed by atoms with E-state index in [1.165, 1.54) is 42.0 Å². The van der Waals surface area contributed by atoms with Gasteiger partial charge in [-0.2, -0.15) is 0 Å². The maximum absolute atomic E-state index is 14.1. The molecule has 1 aromatic heterocycles. The summed E-state index contributed by atoms with van der Waals surface area (Å²) in [5.41, 5.74) is 2.80. The highest BCUT2D eigenvalue weighted by Crippen LogP contribution is 2.45. The van der Waals surface area contributed by atoms with Gasteiger partial charge in [0.05, 0.1) is 18.7 Å². The maximum Gasteiger partial charge on any atom is 0.301 e. The molecule has 5 rings (SSSR count). The molecule has 1 unspecified atom stereocenters. The van der Waals surface area contributed by atoms with Crippen molar-refractivity contribution in [1.29, 1.82) is 0 Å². The van der Waals surface area contributed by atoms with E-state index < -0.39 is 17.7 Å². The average molecular weight is 578 g/mol. The molecule has 1 fully saturated rings. The van der Waals surface area contributed by atoms with E-state index in [0.29, 0.717) is 26.8 Å². The molecule has 2 N–H and O–H groups in total. The molecule has 1 saturated heterocycles. The summed E-state index contributed by atoms with van der Waals surface area (Å²) in [5.74, 6) is -2.12. The van der Waals surface area contributed by atoms with Crippen molar-refractivity contribution in [2.24, 2.45) is 0 Å². The van der Waals surface area contributed by atoms with Crippen molar-refractivity contribution < 1.29 is 28.9 Å². The number of methoxy groups -OCH3 is 1. The summed E-state index contributed by atoms with van der Waals surface area (Å²) >= 11 is 2.32. The first-order valence-corrected chi connectivity index (χ1v) is 13.9. The second-order valence-electron chi connectivity index (χ2n) is 9.15. The lowest BCUT2D eigenvalue weighted by Crippen LogP contribution is -2.29. The normalized spacial score (nSPS) is 16.5. The van der Waals surface area contributed by atoms with E-state index in [-0.39, 0.29) is 33.8 Å². The zero-order valence-corrected chi connectivity index (χ0v) is 23.3. The third kappa shape index (κ3) is 5.05. The highest BCUT2D eigenvalue weighted by atomic mass is 32.2. The molecule has 2 heterocycles. The number of benzene rings is 3. The number of halogens is 1. The van der Waals surface area contributed by atoms with Crippen LogP contribution in [-0.2, 0) is 15.3 Å². The maximum atomic E-state index is 14.1. The zero-order chi connectivity index (χ0) is 28.6. The minimum atomic E-state index is -1.08. The topological polar surface area (TPSA) is 113 Å². The molecule has 4 aromatic rings. The smallest absolute Gasteiger partial charge is 0.301 e. The molecule has 0 radical (unpaired) electrons. The Kier molecular flexibility index (Phi) is 7.59. The van der Waals surface area contributed by atoms with Crippen LogP contribution in [0.4, 0.5) is 9.52 Å². The number of ketones is 1. The van der Waals surface area contributed by atoms with Gasteiger partial charge in [-0.05, 0) is 54.8 Å². The van der Waals surface area contributed by atoms with E-state index in [1.807, 2.05) is 19.1 Å². The van der Waals surface area contributed by atoms with E-state index in [4.69, 9.17) is 4.74 Å². The number of phenols is 1. The number of thioether (sulfide) groups is 1. The first-order chi connectivity index (χ1) is 19.2. The Morgan fingerprint density at radius 2 is 1.88 bits per heavy atom. The van der Waals surface area contributed by atoms with Crippen LogP contribution in [0, 0.1) is 19.7 Å². The van der Waals surface area contributed by atoms with Crippen molar-refractivity contribution in [2.45, 2.75) is 30.0 Å². The number of carbonyl (C=O) groups is 2. The fraction of sp³-hybridized carbons (Fsp3) is 0.172. The van der Waals surface area contributed by atoms with Gasteiger partial charge in [0.25, 0.3) is 5.78 Å². The van der Waals surface area contributed by atoms with E-state index >= 15 is 0 Å². The lowest BCUT2D eigenvalue weighted by Gasteiger charge is -2.23. The van der Waals surface area contributed by atoms with Crippen LogP contribution in [0.3, 0.4) is 0 Å². The van der Waals surface area contributed by atoms with Crippen LogP contribution in [0.2, 0.25) is 0 Å². The molecule has 8 nitrogen and oxygen atoms in total. The summed E-state index contributed by atoms with van der Waals surface area (Å²) in [4.78, 5) is 28.1. The van der Waals surface area contributed by atoms with Gasteiger partial charge in [0.15, 0.2) is 15.8 Å². The molecule has 40 heavy (non-hydrogen) atoms. The van der Waals surface area contributed by atoms with Crippen molar-refractivity contribution in [3.05, 3.63) is 99.9 Å². The van der Waals surface area contributed by atoms with Crippen molar-refractivity contribution in [3.8, 4) is 11.5 Å². The quantitative estimate of drug-likeness (QED) is 0.0914. The molecule has 0 spiro atoms. The number of hydrogen-bond acceptors (Lipinski definition) is 9. The van der Waals surface area contributed by atoms with Gasteiger partial charge in [0, 0.05) is 11.3 Å². The number of aromatic nitrogens is 2. The fourth-order valence-corrected chi connectivity index (χ4v) is 6.31. The lowest BCUT2D eigenvalue weighted by molar-refractivity contribution is -0.132. The zero-order valence-electron chi connectivity index (χ0n) is 21.7. The number of carbonyl (C=O) groups excluding carboxylic acids is 2. The van der Waals surface area contributed by atoms with Gasteiger partial charge < -0.3 is 14.9 Å². The number of aryl methyl sites for hydroxylation is 2. The minimum Gasteiger partial charge on any atom is -0.507 e. The Balaban J connectivity index is 1.60. The molecule has 11 heteroatoms. The molecular weight excluding hydrogens is 553 g/mol. The van der Waals surface area contributed by atoms with Crippen LogP contribution < -0.4 is 9.64 Å². The van der Waals surface area contributed by atoms with E-state index in [0.717, 1.165) is 22.5 Å². The van der Waals surface area contributed by atoms with E-state index in [2.05, 4.69) is 10.2 Å². The van der Waals surface area contributed by atoms with Gasteiger partial charge in [0.2, 0.25) is 5.13 Å². The van der Waals surface area contributed by atoms with Gasteiger partial charge in [-0.1, -0.05) is 65.1 Å². The number of amides is 1. The van der Waals surface area contributed by atoms with Gasteiger partial charge >= 0.3 is 5.91 Å². The molecule has 0 bridgehead atoms. The van der Waals surface area contributed by atoms with Crippen LogP contribution in [-0.4, -0.2) is 39.2 Å². The minimum absolute atomic E-state index is 0.123. The van der Waals surface area contributed by atoms with Gasteiger partial charge in [-0.15, -0.1) is 10.2 Å². The first kappa shape index (κ1) is 27.4. The number of hydrogen-bond donors (Lipinski definition) is 2. The number of aliphatic hydroxyl groups is 1. The molecular formula is C29H24FN3O5S2. The standard InChI is InChI=1S/C29H24FN3O5S2/c1-15-8-9-16(2)19(12-15)25(35)23-24(17-10-11-21(34)22(13-17)38-3)33(27(37)26(23)36)28-31-32-29(40-28)39-14-18-6-4-5-7-20(18)30/h4-13,24,34-35H,14H2,1-3H3. The van der Waals surface area contributed by atoms with Crippen molar-refractivity contribution in [1.82, 2.24) is 10.2 Å². The SMILES string of the molecule is COc1cc(C2C(=C(O)c3cc(C)ccc3C)C(=O)C(=O)N2c2nnc(SCc3ccccc3F)s2)ccc1O. The van der Waals surface area contributed by atoms with Crippen LogP contribution in [0.5, 0.6) is 11.5 Å². The largest absolute Gasteiger partial charge is 0.507 e. The molecule has 0 aliphatic carbocycles. The first-order valence-electron chi connectivity index (χ1n) is 12.1. The van der Waals surface area contributed by atoms with Crippen molar-refractivity contribution in [2.75, 3.05) is 12.0 Å². The number of phenolic OH excluding ortho intramolecular Hbond substituents is 1. The molecule has 1 aliphatic heterocycles. The van der Waals surface area contributed by atoms with Crippen molar-refractivity contribution in [3.63, 3.8) is 0 Å². The highest BCUT2D eigenvalue weighted by molar-refractivity contribution is 8.00. The van der Waals surface area contributed by atoms with Crippen LogP contribution in [0.1, 0.15) is 33.9 Å². The number of ether oxygens (including phenoxy) is 1. The van der Waals surface area contributed by atoms with Crippen LogP contribution in [0.15, 0.2) is 70.6 Å². The summed E-state index contributed by atoms with van der Waals surface area (Å²) in [5, 5.41) is 30.1. The Morgan fingerprint density at radius 3 is 2.62 bits per heavy atom. The second kappa shape index (κ2) is 11.1. The summed E-state index contributed by atoms with van der Waals surface area (Å²) in [7, 11) is 1.38. The summed E-state index contributed by atoms with van der Waals surface area (Å²) in [6.07, 6.45) is 0. The molecule has 3 aromatic carbocycles. The number of anilines is 1. The third-order valence-corrected chi connectivity index (χ3v) is 8.63. The molecule has 0 saturated carbocycles. The monoisotopic (exact) mass is 577 g/mol. The van der Waals surface area contributed by atoms with Crippen molar-refractivity contribution >= 4 is 45.7 Å². The van der Waals surface area contributed by atoms with E-state index in [9.17, 15) is 24.2 Å². The number of aromatic hydroxyl groups is 1. The predicted molar refractivity (Wildman–Crippen MR) is 151 cm³/mol. The summed E-state index contributed by atoms with van der Waals surface area (Å²) < 4.78 is 19.8. The van der Waals surface area contributed by atoms with E-state index in [1.54, 1.807) is 37.3 Å². The Bertz CT molecular complexity index is 1670. The van der Waals surface area contributed by atoms with Gasteiger partial charge in [-0.3, -0.25) is 14.5 Å². The molecule has 1 atom stereocenters. The molecule has 1 aliphatic rings. The number of rotatable bonds is 7. The average Bonchev–Trinajstić information content (AvgIpc) is 3.51. The number of nitrogens with zero attached hydrogens (tertiary/aromatic N) is 3. The Hall–Kier alpha value is -4.22. The lowest BCUT2D eigenvalue weighted by atomic mass is 9.93. The number of aliphatic hydroxyl groups excluding tert-OH is 1.